The molecule has 34 heavy (non-hydrogen) atoms. The number of carbonyl (C=O) groups is 1. The number of methoxy groups -OCH3 is 1. The molecule has 2 aliphatic rings. The van der Waals surface area contributed by atoms with Gasteiger partial charge in [-0.05, 0) is 61.7 Å². The molecule has 2 aromatic carbocycles. The molecule has 3 atom stereocenters. The number of aryl methyl sites for hydroxylation is 1. The monoisotopic (exact) mass is 481 g/mol. The molecule has 1 fully saturated rings. The summed E-state index contributed by atoms with van der Waals surface area (Å²) in [5, 5.41) is 10.9. The zero-order valence-electron chi connectivity index (χ0n) is 20.0. The number of amides is 1. The highest BCUT2D eigenvalue weighted by Crippen LogP contribution is 2.37. The van der Waals surface area contributed by atoms with Crippen LogP contribution in [-0.4, -0.2) is 48.7 Å². The topological polar surface area (TPSA) is 91.7 Å². The Bertz CT molecular complexity index is 1020. The van der Waals surface area contributed by atoms with Crippen LogP contribution in [0.1, 0.15) is 55.0 Å². The zero-order valence-corrected chi connectivity index (χ0v) is 20.8. The minimum Gasteiger partial charge on any atom is -0.496 e. The van der Waals surface area contributed by atoms with Crippen molar-refractivity contribution in [3.8, 4) is 5.75 Å². The summed E-state index contributed by atoms with van der Waals surface area (Å²) in [5.41, 5.74) is 9.98. The molecular weight excluding hydrogens is 446 g/mol. The van der Waals surface area contributed by atoms with Crippen LogP contribution in [0.2, 0.25) is 0 Å². The lowest BCUT2D eigenvalue weighted by atomic mass is 9.89. The lowest BCUT2D eigenvalue weighted by Gasteiger charge is -2.44. The summed E-state index contributed by atoms with van der Waals surface area (Å²) >= 11 is 5.77. The quantitative estimate of drug-likeness (QED) is 0.451. The van der Waals surface area contributed by atoms with Crippen molar-refractivity contribution in [2.24, 2.45) is 5.73 Å². The highest BCUT2D eigenvalue weighted by atomic mass is 32.1. The second-order valence-electron chi connectivity index (χ2n) is 9.01. The van der Waals surface area contributed by atoms with E-state index in [1.807, 2.05) is 6.07 Å². The van der Waals surface area contributed by atoms with E-state index in [4.69, 9.17) is 22.7 Å². The number of carbonyl (C=O) groups excluding carboxylic acids is 1. The van der Waals surface area contributed by atoms with Crippen LogP contribution in [0.3, 0.4) is 0 Å². The Morgan fingerprint density at radius 2 is 2.09 bits per heavy atom. The number of benzene rings is 2. The van der Waals surface area contributed by atoms with Gasteiger partial charge in [-0.2, -0.15) is 0 Å². The number of hydrogen-bond acceptors (Lipinski definition) is 5. The lowest BCUT2D eigenvalue weighted by molar-refractivity contribution is -0.116. The molecule has 2 heterocycles. The van der Waals surface area contributed by atoms with Gasteiger partial charge >= 0.3 is 0 Å². The van der Waals surface area contributed by atoms with E-state index in [9.17, 15) is 4.79 Å². The number of anilines is 1. The fourth-order valence-electron chi connectivity index (χ4n) is 5.09. The van der Waals surface area contributed by atoms with Crippen molar-refractivity contribution >= 4 is 28.9 Å². The van der Waals surface area contributed by atoms with Crippen molar-refractivity contribution in [2.45, 2.75) is 50.7 Å². The van der Waals surface area contributed by atoms with Crippen molar-refractivity contribution < 1.29 is 9.53 Å². The van der Waals surface area contributed by atoms with E-state index in [0.717, 1.165) is 53.5 Å². The van der Waals surface area contributed by atoms with Crippen LogP contribution in [0, 0.1) is 0 Å². The highest BCUT2D eigenvalue weighted by molar-refractivity contribution is 7.80. The Balaban J connectivity index is 1.61. The first kappa shape index (κ1) is 24.4. The summed E-state index contributed by atoms with van der Waals surface area (Å²) in [6.07, 6.45) is 3.32. The van der Waals surface area contributed by atoms with Crippen LogP contribution in [-0.2, 0) is 11.2 Å². The highest BCUT2D eigenvalue weighted by Gasteiger charge is 2.35. The summed E-state index contributed by atoms with van der Waals surface area (Å²) in [5.74, 6) is 0.911. The molecule has 7 nitrogen and oxygen atoms in total. The number of fused-ring (bicyclic) bond motifs is 1. The number of nitrogens with one attached hydrogen (secondary N) is 3. The van der Waals surface area contributed by atoms with E-state index >= 15 is 0 Å². The fraction of sp³-hybridized carbons (Fsp3) is 0.462. The van der Waals surface area contributed by atoms with Crippen LogP contribution in [0.15, 0.2) is 42.5 Å². The largest absolute Gasteiger partial charge is 0.496 e. The maximum absolute atomic E-state index is 12.0. The van der Waals surface area contributed by atoms with E-state index in [1.165, 1.54) is 5.56 Å². The van der Waals surface area contributed by atoms with Crippen LogP contribution >= 0.6 is 12.2 Å². The van der Waals surface area contributed by atoms with E-state index < -0.39 is 0 Å². The van der Waals surface area contributed by atoms with E-state index in [1.54, 1.807) is 7.11 Å². The number of hydrogen-bond donors (Lipinski definition) is 4. The van der Waals surface area contributed by atoms with E-state index in [0.29, 0.717) is 19.5 Å². The predicted octanol–water partition coefficient (Wildman–Crippen LogP) is 3.27. The van der Waals surface area contributed by atoms with Crippen LogP contribution in [0.5, 0.6) is 5.75 Å². The molecule has 1 unspecified atom stereocenters. The van der Waals surface area contributed by atoms with Crippen LogP contribution in [0.4, 0.5) is 5.69 Å². The van der Waals surface area contributed by atoms with Gasteiger partial charge in [0.15, 0.2) is 5.11 Å². The number of piperidine rings is 1. The van der Waals surface area contributed by atoms with Crippen molar-refractivity contribution in [2.75, 3.05) is 32.1 Å². The van der Waals surface area contributed by atoms with Crippen molar-refractivity contribution in [3.05, 3.63) is 59.2 Å². The van der Waals surface area contributed by atoms with Gasteiger partial charge in [0.1, 0.15) is 5.75 Å². The first-order chi connectivity index (χ1) is 16.5. The van der Waals surface area contributed by atoms with E-state index in [-0.39, 0.29) is 24.0 Å². The molecular formula is C26H35N5O2S. The Morgan fingerprint density at radius 3 is 2.82 bits per heavy atom. The number of rotatable bonds is 7. The number of ether oxygens (including phenoxy) is 1. The third-order valence-corrected chi connectivity index (χ3v) is 7.11. The number of nitrogens with two attached hydrogens (primary N) is 1. The summed E-state index contributed by atoms with van der Waals surface area (Å²) in [6, 6.07) is 15.0. The smallest absolute Gasteiger partial charge is 0.224 e. The van der Waals surface area contributed by atoms with Gasteiger partial charge in [-0.3, -0.25) is 4.79 Å². The molecule has 0 saturated carbocycles. The van der Waals surface area contributed by atoms with Crippen molar-refractivity contribution in [1.82, 2.24) is 15.5 Å². The van der Waals surface area contributed by atoms with Gasteiger partial charge in [-0.1, -0.05) is 30.3 Å². The lowest BCUT2D eigenvalue weighted by Crippen LogP contribution is -2.53. The van der Waals surface area contributed by atoms with Gasteiger partial charge in [0.05, 0.1) is 13.2 Å². The second kappa shape index (κ2) is 11.2. The van der Waals surface area contributed by atoms with Gasteiger partial charge in [0, 0.05) is 49.4 Å². The molecule has 0 aromatic heterocycles. The molecule has 4 rings (SSSR count). The van der Waals surface area contributed by atoms with Crippen molar-refractivity contribution in [3.63, 3.8) is 0 Å². The Kier molecular flexibility index (Phi) is 8.03. The first-order valence-electron chi connectivity index (χ1n) is 12.1. The molecule has 1 saturated heterocycles. The molecule has 0 radical (unpaired) electrons. The molecule has 1 amide bonds. The second-order valence-corrected chi connectivity index (χ2v) is 9.39. The molecule has 5 N–H and O–H groups in total. The maximum atomic E-state index is 12.0. The maximum Gasteiger partial charge on any atom is 0.224 e. The summed E-state index contributed by atoms with van der Waals surface area (Å²) < 4.78 is 5.76. The molecule has 0 aliphatic carbocycles. The SMILES string of the molecule is COc1cc2c(cc1C(C)N[C@H]1CCCN(C(=S)NCCN)[C@H]1c1ccccc1)NC(=O)CC2. The third kappa shape index (κ3) is 5.35. The molecule has 8 heteroatoms. The Labute approximate surface area is 207 Å². The van der Waals surface area contributed by atoms with Gasteiger partial charge < -0.3 is 31.3 Å². The Hall–Kier alpha value is -2.68. The Morgan fingerprint density at radius 1 is 1.29 bits per heavy atom. The number of likely N-dealkylation sites (tertiary alicyclic amines) is 1. The van der Waals surface area contributed by atoms with Gasteiger partial charge in [0.25, 0.3) is 0 Å². The van der Waals surface area contributed by atoms with Crippen LogP contribution < -0.4 is 26.4 Å². The molecule has 2 aromatic rings. The predicted molar refractivity (Wildman–Crippen MR) is 140 cm³/mol. The van der Waals surface area contributed by atoms with Crippen molar-refractivity contribution in [1.29, 1.82) is 0 Å². The summed E-state index contributed by atoms with van der Waals surface area (Å²) in [7, 11) is 1.70. The standard InChI is InChI=1S/C26H35N5O2S/c1-17(20-16-22-19(15-23(20)33-2)10-11-24(32)30-22)29-21-9-6-14-31(26(34)28-13-12-27)25(21)18-7-4-3-5-8-18/h3-5,7-8,15-17,21,25,29H,6,9-14,27H2,1-2H3,(H,28,34)(H,30,32)/t17?,21-,25-/m0/s1. The number of nitrogens with zero attached hydrogens (tertiary/aromatic N) is 1. The van der Waals surface area contributed by atoms with Crippen LogP contribution in [0.25, 0.3) is 0 Å². The molecule has 0 spiro atoms. The van der Waals surface area contributed by atoms with Gasteiger partial charge in [-0.25, -0.2) is 0 Å². The number of thiocarbonyl (C=S) groups is 1. The summed E-state index contributed by atoms with van der Waals surface area (Å²) in [6.45, 7) is 4.25. The average Bonchev–Trinajstić information content (AvgIpc) is 2.86. The third-order valence-electron chi connectivity index (χ3n) is 6.74. The fourth-order valence-corrected chi connectivity index (χ4v) is 5.40. The average molecular weight is 482 g/mol. The van der Waals surface area contributed by atoms with E-state index in [2.05, 4.69) is 64.2 Å². The zero-order chi connectivity index (χ0) is 24.1. The van der Waals surface area contributed by atoms with Gasteiger partial charge in [0.2, 0.25) is 5.91 Å². The minimum atomic E-state index is 0.0146. The normalized spacial score (nSPS) is 20.8. The minimum absolute atomic E-state index is 0.0146. The first-order valence-corrected chi connectivity index (χ1v) is 12.5. The molecule has 0 bridgehead atoms. The molecule has 182 valence electrons. The summed E-state index contributed by atoms with van der Waals surface area (Å²) in [4.78, 5) is 14.3. The molecule has 2 aliphatic heterocycles. The van der Waals surface area contributed by atoms with Gasteiger partial charge in [-0.15, -0.1) is 0 Å².